The Kier molecular flexibility index (Phi) is 3.56. The summed E-state index contributed by atoms with van der Waals surface area (Å²) in [6, 6.07) is 1.91. The van der Waals surface area contributed by atoms with E-state index in [9.17, 15) is 0 Å². The summed E-state index contributed by atoms with van der Waals surface area (Å²) in [4.78, 5) is 6.82. The van der Waals surface area contributed by atoms with E-state index in [1.54, 1.807) is 6.07 Å². The Morgan fingerprint density at radius 1 is 1.37 bits per heavy atom. The molecule has 7 nitrogen and oxygen atoms in total. The van der Waals surface area contributed by atoms with Crippen LogP contribution >= 0.6 is 0 Å². The van der Waals surface area contributed by atoms with Crippen LogP contribution in [-0.4, -0.2) is 46.4 Å². The van der Waals surface area contributed by atoms with Gasteiger partial charge in [-0.15, -0.1) is 0 Å². The van der Waals surface area contributed by atoms with Gasteiger partial charge in [-0.3, -0.25) is 4.90 Å². The maximum Gasteiger partial charge on any atom is 0.280 e. The maximum atomic E-state index is 5.26. The third kappa shape index (κ3) is 2.52. The minimum atomic E-state index is 0.200. The first-order valence-electron chi connectivity index (χ1n) is 6.57. The number of hydrogen-bond donors (Lipinski definition) is 1. The lowest BCUT2D eigenvalue weighted by atomic mass is 10.1. The Hall–Kier alpha value is -1.73. The van der Waals surface area contributed by atoms with Crippen molar-refractivity contribution < 1.29 is 9.05 Å². The maximum absolute atomic E-state index is 5.26. The van der Waals surface area contributed by atoms with Crippen LogP contribution in [0.2, 0.25) is 0 Å². The fourth-order valence-electron chi connectivity index (χ4n) is 2.39. The van der Waals surface area contributed by atoms with Crippen molar-refractivity contribution in [1.82, 2.24) is 25.5 Å². The Balaban J connectivity index is 1.79. The van der Waals surface area contributed by atoms with Crippen molar-refractivity contribution in [3.8, 4) is 11.6 Å². The van der Waals surface area contributed by atoms with Crippen LogP contribution in [0.25, 0.3) is 11.6 Å². The zero-order chi connectivity index (χ0) is 13.1. The third-order valence-corrected chi connectivity index (χ3v) is 3.38. The van der Waals surface area contributed by atoms with Gasteiger partial charge in [0.2, 0.25) is 0 Å². The van der Waals surface area contributed by atoms with Gasteiger partial charge in [0.25, 0.3) is 5.89 Å². The molecule has 1 aliphatic heterocycles. The molecule has 0 bridgehead atoms. The van der Waals surface area contributed by atoms with Crippen LogP contribution < -0.4 is 5.32 Å². The second kappa shape index (κ2) is 5.50. The van der Waals surface area contributed by atoms with E-state index < -0.39 is 0 Å². The van der Waals surface area contributed by atoms with Crippen LogP contribution in [0.4, 0.5) is 0 Å². The van der Waals surface area contributed by atoms with Crippen molar-refractivity contribution in [2.75, 3.05) is 26.2 Å². The van der Waals surface area contributed by atoms with Crippen LogP contribution in [0.5, 0.6) is 0 Å². The first-order valence-corrected chi connectivity index (χ1v) is 6.57. The number of nitrogens with one attached hydrogen (secondary N) is 1. The molecule has 3 rings (SSSR count). The van der Waals surface area contributed by atoms with Crippen molar-refractivity contribution in [1.29, 1.82) is 0 Å². The topological polar surface area (TPSA) is 80.2 Å². The Labute approximate surface area is 110 Å². The monoisotopic (exact) mass is 263 g/mol. The Morgan fingerprint density at radius 3 is 2.89 bits per heavy atom. The molecule has 0 amide bonds. The highest BCUT2D eigenvalue weighted by Gasteiger charge is 2.25. The third-order valence-electron chi connectivity index (χ3n) is 3.38. The molecule has 0 saturated carbocycles. The molecular weight excluding hydrogens is 246 g/mol. The summed E-state index contributed by atoms with van der Waals surface area (Å²) < 4.78 is 10.0. The molecule has 1 saturated heterocycles. The Morgan fingerprint density at radius 2 is 2.21 bits per heavy atom. The highest BCUT2D eigenvalue weighted by Crippen LogP contribution is 2.24. The number of aromatic nitrogens is 3. The molecule has 19 heavy (non-hydrogen) atoms. The van der Waals surface area contributed by atoms with Gasteiger partial charge < -0.3 is 14.4 Å². The molecule has 1 atom stereocenters. The lowest BCUT2D eigenvalue weighted by Crippen LogP contribution is -2.45. The average Bonchev–Trinajstić information content (AvgIpc) is 3.11. The van der Waals surface area contributed by atoms with Crippen molar-refractivity contribution in [3.63, 3.8) is 0 Å². The second-order valence-corrected chi connectivity index (χ2v) is 4.55. The summed E-state index contributed by atoms with van der Waals surface area (Å²) in [5, 5.41) is 11.2. The molecule has 1 aliphatic rings. The van der Waals surface area contributed by atoms with Crippen LogP contribution in [-0.2, 0) is 0 Å². The molecule has 0 radical (unpaired) electrons. The van der Waals surface area contributed by atoms with Gasteiger partial charge >= 0.3 is 0 Å². The van der Waals surface area contributed by atoms with Crippen LogP contribution in [0.15, 0.2) is 21.4 Å². The van der Waals surface area contributed by atoms with E-state index in [2.05, 4.69) is 32.4 Å². The quantitative estimate of drug-likeness (QED) is 0.884. The smallest absolute Gasteiger partial charge is 0.280 e. The lowest BCUT2D eigenvalue weighted by molar-refractivity contribution is 0.160. The highest BCUT2D eigenvalue weighted by molar-refractivity contribution is 5.44. The van der Waals surface area contributed by atoms with Gasteiger partial charge in [0.1, 0.15) is 6.26 Å². The van der Waals surface area contributed by atoms with Crippen LogP contribution in [0.1, 0.15) is 25.2 Å². The number of piperazine rings is 1. The van der Waals surface area contributed by atoms with Gasteiger partial charge in [-0.2, -0.15) is 4.98 Å². The Bertz CT molecular complexity index is 504. The molecule has 2 aromatic rings. The number of nitrogens with zero attached hydrogens (tertiary/aromatic N) is 4. The molecule has 0 spiro atoms. The van der Waals surface area contributed by atoms with Crippen LogP contribution in [0.3, 0.4) is 0 Å². The largest absolute Gasteiger partial charge is 0.364 e. The first kappa shape index (κ1) is 12.3. The van der Waals surface area contributed by atoms with E-state index in [0.717, 1.165) is 38.4 Å². The van der Waals surface area contributed by atoms with E-state index >= 15 is 0 Å². The summed E-state index contributed by atoms with van der Waals surface area (Å²) >= 11 is 0. The van der Waals surface area contributed by atoms with Gasteiger partial charge in [0.15, 0.2) is 11.5 Å². The van der Waals surface area contributed by atoms with Gasteiger partial charge in [-0.25, -0.2) is 0 Å². The summed E-state index contributed by atoms with van der Waals surface area (Å²) in [5.74, 6) is 1.14. The zero-order valence-electron chi connectivity index (χ0n) is 10.9. The summed E-state index contributed by atoms with van der Waals surface area (Å²) in [5.41, 5.74) is 0.578. The van der Waals surface area contributed by atoms with Gasteiger partial charge in [0, 0.05) is 32.2 Å². The van der Waals surface area contributed by atoms with E-state index in [0.29, 0.717) is 11.6 Å². The van der Waals surface area contributed by atoms with E-state index in [1.165, 1.54) is 6.26 Å². The molecule has 2 aromatic heterocycles. The standard InChI is InChI=1S/C12H17N5O2/c1-2-10(17-6-4-13-5-7-17)11-14-12(19-16-11)9-3-8-18-15-9/h3,8,10,13H,2,4-7H2,1H3. The summed E-state index contributed by atoms with van der Waals surface area (Å²) in [6.07, 6.45) is 2.45. The first-order chi connectivity index (χ1) is 9.38. The van der Waals surface area contributed by atoms with Crippen molar-refractivity contribution in [2.24, 2.45) is 0 Å². The SMILES string of the molecule is CCC(c1noc(-c2ccon2)n1)N1CCNCC1. The molecule has 1 unspecified atom stereocenters. The number of rotatable bonds is 4. The fourth-order valence-corrected chi connectivity index (χ4v) is 2.39. The molecule has 1 N–H and O–H groups in total. The van der Waals surface area contributed by atoms with Gasteiger partial charge in [-0.1, -0.05) is 17.2 Å². The van der Waals surface area contributed by atoms with E-state index in [1.807, 2.05) is 0 Å². The molecule has 0 aromatic carbocycles. The number of hydrogen-bond acceptors (Lipinski definition) is 7. The molecule has 7 heteroatoms. The molecule has 3 heterocycles. The average molecular weight is 263 g/mol. The normalized spacial score (nSPS) is 18.6. The highest BCUT2D eigenvalue weighted by atomic mass is 16.5. The van der Waals surface area contributed by atoms with E-state index in [-0.39, 0.29) is 6.04 Å². The fraction of sp³-hybridized carbons (Fsp3) is 0.583. The lowest BCUT2D eigenvalue weighted by Gasteiger charge is -2.32. The van der Waals surface area contributed by atoms with E-state index in [4.69, 9.17) is 9.05 Å². The van der Waals surface area contributed by atoms with Crippen molar-refractivity contribution in [3.05, 3.63) is 18.2 Å². The van der Waals surface area contributed by atoms with Crippen molar-refractivity contribution in [2.45, 2.75) is 19.4 Å². The minimum absolute atomic E-state index is 0.200. The van der Waals surface area contributed by atoms with Gasteiger partial charge in [0.05, 0.1) is 6.04 Å². The molecular formula is C12H17N5O2. The summed E-state index contributed by atoms with van der Waals surface area (Å²) in [7, 11) is 0. The van der Waals surface area contributed by atoms with Crippen LogP contribution in [0, 0.1) is 0 Å². The predicted octanol–water partition coefficient (Wildman–Crippen LogP) is 1.08. The van der Waals surface area contributed by atoms with Gasteiger partial charge in [-0.05, 0) is 6.42 Å². The molecule has 1 fully saturated rings. The molecule has 0 aliphatic carbocycles. The predicted molar refractivity (Wildman–Crippen MR) is 67.3 cm³/mol. The minimum Gasteiger partial charge on any atom is -0.364 e. The zero-order valence-corrected chi connectivity index (χ0v) is 10.9. The van der Waals surface area contributed by atoms with Crippen molar-refractivity contribution >= 4 is 0 Å². The second-order valence-electron chi connectivity index (χ2n) is 4.55. The molecule has 102 valence electrons. The summed E-state index contributed by atoms with van der Waals surface area (Å²) in [6.45, 7) is 6.16.